The van der Waals surface area contributed by atoms with E-state index < -0.39 is 21.8 Å². The van der Waals surface area contributed by atoms with Crippen molar-refractivity contribution in [2.24, 2.45) is 22.4 Å². The molecule has 0 aromatic heterocycles. The van der Waals surface area contributed by atoms with Crippen molar-refractivity contribution in [1.29, 1.82) is 0 Å². The molecule has 0 aliphatic rings. The highest BCUT2D eigenvalue weighted by Crippen LogP contribution is 2.23. The average Bonchev–Trinajstić information content (AvgIpc) is 2.61. The number of benzene rings is 2. The first-order valence-electron chi connectivity index (χ1n) is 8.41. The van der Waals surface area contributed by atoms with Gasteiger partial charge in [-0.15, -0.1) is 0 Å². The normalized spacial score (nSPS) is 12.0. The molecule has 2 rings (SSSR count). The van der Waals surface area contributed by atoms with Crippen molar-refractivity contribution in [2.45, 2.75) is 18.1 Å². The number of oxime groups is 1. The molecule has 10 heteroatoms. The molecule has 0 fully saturated rings. The number of amides is 1. The van der Waals surface area contributed by atoms with Crippen molar-refractivity contribution in [1.82, 2.24) is 0 Å². The lowest BCUT2D eigenvalue weighted by Crippen LogP contribution is -2.24. The average molecular weight is 405 g/mol. The summed E-state index contributed by atoms with van der Waals surface area (Å²) < 4.78 is 27.3. The third kappa shape index (κ3) is 6.80. The number of sulfonamides is 1. The summed E-state index contributed by atoms with van der Waals surface area (Å²) in [5.41, 5.74) is 17.4. The Balaban J connectivity index is 2.10. The van der Waals surface area contributed by atoms with Crippen LogP contribution < -0.4 is 21.9 Å². The molecule has 9 nitrogen and oxygen atoms in total. The Morgan fingerprint density at radius 3 is 2.43 bits per heavy atom. The Bertz CT molecular complexity index is 928. The van der Waals surface area contributed by atoms with Crippen molar-refractivity contribution in [3.8, 4) is 0 Å². The highest BCUT2D eigenvalue weighted by atomic mass is 32.2. The van der Waals surface area contributed by atoms with Crippen molar-refractivity contribution in [3.05, 3.63) is 65.7 Å². The SMILES string of the molecule is NC(=O)C(CCON=C(N)N)c1cccc(NS(=O)(=O)Cc2ccccc2)c1. The minimum absolute atomic E-state index is 0.0649. The number of hydrogen-bond acceptors (Lipinski definition) is 5. The van der Waals surface area contributed by atoms with Crippen molar-refractivity contribution >= 4 is 27.6 Å². The lowest BCUT2D eigenvalue weighted by atomic mass is 9.95. The van der Waals surface area contributed by atoms with Gasteiger partial charge in [-0.25, -0.2) is 8.42 Å². The van der Waals surface area contributed by atoms with Gasteiger partial charge in [0.15, 0.2) is 0 Å². The van der Waals surface area contributed by atoms with Crippen LogP contribution in [0.25, 0.3) is 0 Å². The van der Waals surface area contributed by atoms with Gasteiger partial charge in [0.2, 0.25) is 21.9 Å². The minimum Gasteiger partial charge on any atom is -0.393 e. The number of rotatable bonds is 10. The van der Waals surface area contributed by atoms with E-state index in [1.807, 2.05) is 6.07 Å². The number of hydrogen-bond donors (Lipinski definition) is 4. The van der Waals surface area contributed by atoms with Crippen LogP contribution in [0.4, 0.5) is 5.69 Å². The Kier molecular flexibility index (Phi) is 7.21. The number of carbonyl (C=O) groups is 1. The van der Waals surface area contributed by atoms with Crippen molar-refractivity contribution in [2.75, 3.05) is 11.3 Å². The predicted octanol–water partition coefficient (Wildman–Crippen LogP) is 0.793. The fourth-order valence-corrected chi connectivity index (χ4v) is 3.78. The van der Waals surface area contributed by atoms with Crippen LogP contribution in [-0.4, -0.2) is 26.9 Å². The molecular formula is C18H23N5O4S. The van der Waals surface area contributed by atoms with Gasteiger partial charge in [-0.05, 0) is 34.8 Å². The first kappa shape index (κ1) is 21.0. The molecule has 2 aromatic rings. The maximum absolute atomic E-state index is 12.4. The highest BCUT2D eigenvalue weighted by molar-refractivity contribution is 7.91. The van der Waals surface area contributed by atoms with Crippen LogP contribution in [0.2, 0.25) is 0 Å². The molecule has 2 aromatic carbocycles. The van der Waals surface area contributed by atoms with Gasteiger partial charge in [-0.3, -0.25) is 9.52 Å². The molecule has 1 unspecified atom stereocenters. The Hall–Kier alpha value is -3.27. The van der Waals surface area contributed by atoms with E-state index in [0.29, 0.717) is 16.8 Å². The first-order chi connectivity index (χ1) is 13.3. The second-order valence-electron chi connectivity index (χ2n) is 6.07. The van der Waals surface area contributed by atoms with Gasteiger partial charge in [-0.1, -0.05) is 42.5 Å². The summed E-state index contributed by atoms with van der Waals surface area (Å²) in [5.74, 6) is -1.65. The van der Waals surface area contributed by atoms with E-state index in [2.05, 4.69) is 9.88 Å². The summed E-state index contributed by atoms with van der Waals surface area (Å²) in [7, 11) is -3.62. The lowest BCUT2D eigenvalue weighted by molar-refractivity contribution is -0.119. The topological polar surface area (TPSA) is 163 Å². The standard InChI is InChI=1S/C18H23N5O4S/c19-17(24)16(9-10-27-22-18(20)21)14-7-4-8-15(11-14)23-28(25,26)12-13-5-2-1-3-6-13/h1-8,11,16,23H,9-10,12H2,(H2,19,24)(H4,20,21,22). The largest absolute Gasteiger partial charge is 0.393 e. The summed E-state index contributed by atoms with van der Waals surface area (Å²) in [6.45, 7) is 0.0649. The van der Waals surface area contributed by atoms with Gasteiger partial charge in [0.05, 0.1) is 11.7 Å². The van der Waals surface area contributed by atoms with E-state index in [4.69, 9.17) is 22.0 Å². The Morgan fingerprint density at radius 2 is 1.79 bits per heavy atom. The Labute approximate surface area is 163 Å². The molecule has 0 bridgehead atoms. The lowest BCUT2D eigenvalue weighted by Gasteiger charge is -2.15. The fourth-order valence-electron chi connectivity index (χ4n) is 2.59. The second kappa shape index (κ2) is 9.60. The number of nitrogens with one attached hydrogen (secondary N) is 1. The van der Waals surface area contributed by atoms with Crippen LogP contribution in [0.1, 0.15) is 23.5 Å². The van der Waals surface area contributed by atoms with Crippen LogP contribution >= 0.6 is 0 Å². The zero-order valence-electron chi connectivity index (χ0n) is 15.1. The monoisotopic (exact) mass is 405 g/mol. The number of nitrogens with two attached hydrogens (primary N) is 3. The van der Waals surface area contributed by atoms with E-state index in [0.717, 1.165) is 0 Å². The Morgan fingerprint density at radius 1 is 1.07 bits per heavy atom. The maximum Gasteiger partial charge on any atom is 0.236 e. The fraction of sp³-hybridized carbons (Fsp3) is 0.222. The summed E-state index contributed by atoms with van der Waals surface area (Å²) in [4.78, 5) is 16.7. The maximum atomic E-state index is 12.4. The zero-order valence-corrected chi connectivity index (χ0v) is 15.9. The van der Waals surface area contributed by atoms with Gasteiger partial charge in [-0.2, -0.15) is 0 Å². The molecule has 0 aliphatic heterocycles. The van der Waals surface area contributed by atoms with E-state index in [1.165, 1.54) is 0 Å². The van der Waals surface area contributed by atoms with Crippen molar-refractivity contribution in [3.63, 3.8) is 0 Å². The molecular weight excluding hydrogens is 382 g/mol. The zero-order chi connectivity index (χ0) is 20.6. The number of primary amides is 1. The van der Waals surface area contributed by atoms with Gasteiger partial charge in [0, 0.05) is 5.69 Å². The highest BCUT2D eigenvalue weighted by Gasteiger charge is 2.19. The van der Waals surface area contributed by atoms with Gasteiger partial charge < -0.3 is 22.0 Å². The van der Waals surface area contributed by atoms with Gasteiger partial charge in [0.1, 0.15) is 6.61 Å². The summed E-state index contributed by atoms with van der Waals surface area (Å²) >= 11 is 0. The van der Waals surface area contributed by atoms with E-state index >= 15 is 0 Å². The van der Waals surface area contributed by atoms with Crippen LogP contribution in [0.5, 0.6) is 0 Å². The summed E-state index contributed by atoms with van der Waals surface area (Å²) in [6.07, 6.45) is 0.229. The molecule has 0 radical (unpaired) electrons. The second-order valence-corrected chi connectivity index (χ2v) is 7.79. The molecule has 7 N–H and O–H groups in total. The number of carbonyl (C=O) groups excluding carboxylic acids is 1. The molecule has 1 amide bonds. The minimum atomic E-state index is -3.62. The molecule has 0 heterocycles. The van der Waals surface area contributed by atoms with Gasteiger partial charge >= 0.3 is 0 Å². The number of guanidine groups is 1. The summed E-state index contributed by atoms with van der Waals surface area (Å²) in [6, 6.07) is 15.3. The van der Waals surface area contributed by atoms with Crippen LogP contribution in [-0.2, 0) is 25.4 Å². The van der Waals surface area contributed by atoms with Crippen LogP contribution in [0, 0.1) is 0 Å². The van der Waals surface area contributed by atoms with Crippen LogP contribution in [0.3, 0.4) is 0 Å². The molecule has 28 heavy (non-hydrogen) atoms. The van der Waals surface area contributed by atoms with E-state index in [1.54, 1.807) is 48.5 Å². The van der Waals surface area contributed by atoms with E-state index in [-0.39, 0.29) is 24.7 Å². The number of anilines is 1. The molecule has 150 valence electrons. The quantitative estimate of drug-likeness (QED) is 0.198. The third-order valence-corrected chi connectivity index (χ3v) is 5.03. The molecule has 0 saturated heterocycles. The van der Waals surface area contributed by atoms with Crippen LogP contribution in [0.15, 0.2) is 59.8 Å². The molecule has 1 atom stereocenters. The van der Waals surface area contributed by atoms with E-state index in [9.17, 15) is 13.2 Å². The third-order valence-electron chi connectivity index (χ3n) is 3.77. The smallest absolute Gasteiger partial charge is 0.236 e. The first-order valence-corrected chi connectivity index (χ1v) is 10.1. The number of nitrogens with zero attached hydrogens (tertiary/aromatic N) is 1. The van der Waals surface area contributed by atoms with Gasteiger partial charge in [0.25, 0.3) is 0 Å². The predicted molar refractivity (Wildman–Crippen MR) is 107 cm³/mol. The summed E-state index contributed by atoms with van der Waals surface area (Å²) in [5, 5.41) is 3.38. The van der Waals surface area contributed by atoms with Crippen molar-refractivity contribution < 1.29 is 18.0 Å². The molecule has 0 saturated carbocycles. The molecule has 0 aliphatic carbocycles. The molecule has 0 spiro atoms.